The molecule has 2 aromatic rings. The van der Waals surface area contributed by atoms with E-state index in [-0.39, 0.29) is 0 Å². The van der Waals surface area contributed by atoms with Gasteiger partial charge in [0.05, 0.1) is 14.2 Å². The Morgan fingerprint density at radius 1 is 0.864 bits per heavy atom. The fourth-order valence-corrected chi connectivity index (χ4v) is 1.99. The van der Waals surface area contributed by atoms with Crippen LogP contribution in [0.2, 0.25) is 0 Å². The summed E-state index contributed by atoms with van der Waals surface area (Å²) < 4.78 is 10.3. The molecule has 0 unspecified atom stereocenters. The average Bonchev–Trinajstić information content (AvgIpc) is 2.59. The number of hydrogen-bond acceptors (Lipinski definition) is 4. The summed E-state index contributed by atoms with van der Waals surface area (Å²) in [6.45, 7) is 4.05. The standard InChI is InChI=1S/C18H19NO3/c1-13(14-4-8-16(20-2)9-5-14)12-18(22-19)15-6-10-17(21-3)11-7-15/h4-12H,1,19H2,2-3H3/b18-12-. The van der Waals surface area contributed by atoms with E-state index in [1.165, 1.54) is 0 Å². The summed E-state index contributed by atoms with van der Waals surface area (Å²) in [5, 5.41) is 0. The molecule has 114 valence electrons. The van der Waals surface area contributed by atoms with E-state index >= 15 is 0 Å². The van der Waals surface area contributed by atoms with E-state index in [4.69, 9.17) is 20.2 Å². The molecule has 2 N–H and O–H groups in total. The minimum atomic E-state index is 0.531. The molecule has 0 amide bonds. The van der Waals surface area contributed by atoms with Crippen molar-refractivity contribution in [2.45, 2.75) is 0 Å². The van der Waals surface area contributed by atoms with Crippen LogP contribution in [0.1, 0.15) is 11.1 Å². The van der Waals surface area contributed by atoms with Crippen molar-refractivity contribution >= 4 is 11.3 Å². The molecule has 0 spiro atoms. The second-order valence-corrected chi connectivity index (χ2v) is 4.61. The highest BCUT2D eigenvalue weighted by atomic mass is 16.6. The molecule has 0 aliphatic carbocycles. The summed E-state index contributed by atoms with van der Waals surface area (Å²) in [6.07, 6.45) is 1.80. The minimum absolute atomic E-state index is 0.531. The van der Waals surface area contributed by atoms with Gasteiger partial charge in [-0.3, -0.25) is 0 Å². The third kappa shape index (κ3) is 3.68. The number of hydrogen-bond donors (Lipinski definition) is 1. The van der Waals surface area contributed by atoms with E-state index < -0.39 is 0 Å². The van der Waals surface area contributed by atoms with Crippen LogP contribution in [-0.2, 0) is 4.84 Å². The molecule has 0 aliphatic heterocycles. The molecule has 0 atom stereocenters. The third-order valence-corrected chi connectivity index (χ3v) is 3.27. The van der Waals surface area contributed by atoms with Gasteiger partial charge in [-0.15, -0.1) is 0 Å². The first-order valence-corrected chi connectivity index (χ1v) is 6.74. The summed E-state index contributed by atoms with van der Waals surface area (Å²) in [5.41, 5.74) is 2.60. The molecule has 0 aliphatic rings. The predicted molar refractivity (Wildman–Crippen MR) is 88.3 cm³/mol. The summed E-state index contributed by atoms with van der Waals surface area (Å²) in [5.74, 6) is 7.49. The largest absolute Gasteiger partial charge is 0.497 e. The minimum Gasteiger partial charge on any atom is -0.497 e. The van der Waals surface area contributed by atoms with Crippen LogP contribution in [0.15, 0.2) is 61.2 Å². The van der Waals surface area contributed by atoms with E-state index in [1.54, 1.807) is 20.3 Å². The van der Waals surface area contributed by atoms with Gasteiger partial charge in [0.15, 0.2) is 5.76 Å². The van der Waals surface area contributed by atoms with Crippen molar-refractivity contribution < 1.29 is 14.3 Å². The molecule has 0 saturated carbocycles. The predicted octanol–water partition coefficient (Wildman–Crippen LogP) is 3.65. The number of methoxy groups -OCH3 is 2. The van der Waals surface area contributed by atoms with Crippen LogP contribution in [0.3, 0.4) is 0 Å². The molecular weight excluding hydrogens is 278 g/mol. The van der Waals surface area contributed by atoms with Gasteiger partial charge in [-0.1, -0.05) is 18.7 Å². The molecular formula is C18H19NO3. The maximum atomic E-state index is 5.39. The summed E-state index contributed by atoms with van der Waals surface area (Å²) >= 11 is 0. The maximum Gasteiger partial charge on any atom is 0.154 e. The monoisotopic (exact) mass is 297 g/mol. The zero-order valence-electron chi connectivity index (χ0n) is 12.7. The van der Waals surface area contributed by atoms with E-state index in [2.05, 4.69) is 6.58 Å². The van der Waals surface area contributed by atoms with E-state index in [0.29, 0.717) is 5.76 Å². The zero-order chi connectivity index (χ0) is 15.9. The fraction of sp³-hybridized carbons (Fsp3) is 0.111. The second-order valence-electron chi connectivity index (χ2n) is 4.61. The van der Waals surface area contributed by atoms with Crippen molar-refractivity contribution in [3.63, 3.8) is 0 Å². The van der Waals surface area contributed by atoms with Gasteiger partial charge >= 0.3 is 0 Å². The van der Waals surface area contributed by atoms with Crippen molar-refractivity contribution in [1.82, 2.24) is 0 Å². The smallest absolute Gasteiger partial charge is 0.154 e. The number of ether oxygens (including phenoxy) is 2. The van der Waals surface area contributed by atoms with Crippen LogP contribution in [0.5, 0.6) is 11.5 Å². The van der Waals surface area contributed by atoms with Crippen LogP contribution >= 0.6 is 0 Å². The summed E-state index contributed by atoms with van der Waals surface area (Å²) in [7, 11) is 3.25. The van der Waals surface area contributed by atoms with Crippen molar-refractivity contribution in [3.05, 3.63) is 72.3 Å². The number of benzene rings is 2. The van der Waals surface area contributed by atoms with Crippen LogP contribution in [0.25, 0.3) is 11.3 Å². The highest BCUT2D eigenvalue weighted by Gasteiger charge is 2.05. The molecule has 0 saturated heterocycles. The highest BCUT2D eigenvalue weighted by Crippen LogP contribution is 2.24. The lowest BCUT2D eigenvalue weighted by Crippen LogP contribution is -1.99. The van der Waals surface area contributed by atoms with Crippen molar-refractivity contribution in [2.24, 2.45) is 5.90 Å². The van der Waals surface area contributed by atoms with Crippen LogP contribution in [0.4, 0.5) is 0 Å². The van der Waals surface area contributed by atoms with E-state index in [0.717, 1.165) is 28.2 Å². The molecule has 2 aromatic carbocycles. The van der Waals surface area contributed by atoms with Crippen molar-refractivity contribution in [2.75, 3.05) is 14.2 Å². The molecule has 4 nitrogen and oxygen atoms in total. The van der Waals surface area contributed by atoms with Gasteiger partial charge in [0.1, 0.15) is 11.5 Å². The van der Waals surface area contributed by atoms with E-state index in [1.807, 2.05) is 48.5 Å². The SMILES string of the molecule is C=C(/C=C(\ON)c1ccc(OC)cc1)c1ccc(OC)cc1. The Morgan fingerprint density at radius 3 is 1.73 bits per heavy atom. The Balaban J connectivity index is 2.24. The fourth-order valence-electron chi connectivity index (χ4n) is 1.99. The number of rotatable bonds is 6. The van der Waals surface area contributed by atoms with Gasteiger partial charge in [-0.05, 0) is 53.6 Å². The van der Waals surface area contributed by atoms with E-state index in [9.17, 15) is 0 Å². The molecule has 0 bridgehead atoms. The number of allylic oxidation sites excluding steroid dienone is 2. The van der Waals surface area contributed by atoms with Gasteiger partial charge < -0.3 is 14.3 Å². The molecule has 22 heavy (non-hydrogen) atoms. The molecule has 0 aromatic heterocycles. The van der Waals surface area contributed by atoms with Crippen molar-refractivity contribution in [1.29, 1.82) is 0 Å². The Hall–Kier alpha value is -2.72. The average molecular weight is 297 g/mol. The Kier molecular flexibility index (Phi) is 5.22. The Labute approximate surface area is 130 Å². The van der Waals surface area contributed by atoms with Gasteiger partial charge in [-0.25, -0.2) is 0 Å². The lowest BCUT2D eigenvalue weighted by Gasteiger charge is -2.08. The third-order valence-electron chi connectivity index (χ3n) is 3.27. The lowest BCUT2D eigenvalue weighted by atomic mass is 10.0. The number of nitrogens with two attached hydrogens (primary N) is 1. The zero-order valence-corrected chi connectivity index (χ0v) is 12.7. The summed E-state index contributed by atoms with van der Waals surface area (Å²) in [6, 6.07) is 15.1. The first kappa shape index (κ1) is 15.7. The highest BCUT2D eigenvalue weighted by molar-refractivity contribution is 5.80. The lowest BCUT2D eigenvalue weighted by molar-refractivity contribution is 0.291. The molecule has 0 radical (unpaired) electrons. The van der Waals surface area contributed by atoms with Crippen molar-refractivity contribution in [3.8, 4) is 11.5 Å². The van der Waals surface area contributed by atoms with Gasteiger partial charge in [-0.2, -0.15) is 5.90 Å². The Morgan fingerprint density at radius 2 is 1.32 bits per heavy atom. The molecule has 2 rings (SSSR count). The van der Waals surface area contributed by atoms with Gasteiger partial charge in [0, 0.05) is 5.56 Å². The first-order chi connectivity index (χ1) is 10.7. The first-order valence-electron chi connectivity index (χ1n) is 6.74. The summed E-state index contributed by atoms with van der Waals surface area (Å²) in [4.78, 5) is 4.98. The molecule has 0 fully saturated rings. The molecule has 4 heteroatoms. The van der Waals surface area contributed by atoms with Crippen LogP contribution in [-0.4, -0.2) is 14.2 Å². The quantitative estimate of drug-likeness (QED) is 0.502. The van der Waals surface area contributed by atoms with Crippen LogP contribution in [0, 0.1) is 0 Å². The van der Waals surface area contributed by atoms with Gasteiger partial charge in [0.2, 0.25) is 0 Å². The van der Waals surface area contributed by atoms with Crippen LogP contribution < -0.4 is 15.4 Å². The topological polar surface area (TPSA) is 53.7 Å². The second kappa shape index (κ2) is 7.33. The normalized spacial score (nSPS) is 11.0. The molecule has 0 heterocycles. The Bertz CT molecular complexity index is 658. The maximum absolute atomic E-state index is 5.39. The van der Waals surface area contributed by atoms with Gasteiger partial charge in [0.25, 0.3) is 0 Å².